The molecule has 4 nitrogen and oxygen atoms in total. The van der Waals surface area contributed by atoms with Gasteiger partial charge in [-0.3, -0.25) is 4.79 Å². The summed E-state index contributed by atoms with van der Waals surface area (Å²) in [6.45, 7) is 2.15. The zero-order chi connectivity index (χ0) is 11.0. The van der Waals surface area contributed by atoms with Gasteiger partial charge in [0.2, 0.25) is 5.91 Å². The molecule has 1 aromatic rings. The molecule has 0 spiro atoms. The molecule has 0 bridgehead atoms. The quantitative estimate of drug-likeness (QED) is 0.749. The first-order valence-corrected chi connectivity index (χ1v) is 5.25. The van der Waals surface area contributed by atoms with Crippen LogP contribution in [0.3, 0.4) is 0 Å². The predicted octanol–water partition coefficient (Wildman–Crippen LogP) is 0.652. The molecule has 0 aliphatic heterocycles. The van der Waals surface area contributed by atoms with Crippen molar-refractivity contribution in [2.24, 2.45) is 5.73 Å². The molecule has 0 saturated heterocycles. The largest absolute Gasteiger partial charge is 0.388 e. The normalized spacial score (nSPS) is 20.0. The second-order valence-corrected chi connectivity index (χ2v) is 4.15. The lowest BCUT2D eigenvalue weighted by Gasteiger charge is -2.19. The van der Waals surface area contributed by atoms with E-state index >= 15 is 0 Å². The Morgan fingerprint density at radius 3 is 3.13 bits per heavy atom. The van der Waals surface area contributed by atoms with Crippen LogP contribution in [0.4, 0.5) is 0 Å². The molecule has 0 saturated carbocycles. The summed E-state index contributed by atoms with van der Waals surface area (Å²) in [5, 5.41) is 9.80. The van der Waals surface area contributed by atoms with Gasteiger partial charge in [-0.15, -0.1) is 0 Å². The standard InChI is InChI=1S/C11H16N2O2/c1-7-5-8-9(3-2-4-10(8)14)13(7)6-11(12)15/h5,10,14H,2-4,6H2,1H3,(H2,12,15). The van der Waals surface area contributed by atoms with Crippen LogP contribution in [0.1, 0.15) is 35.9 Å². The molecule has 0 aromatic carbocycles. The maximum Gasteiger partial charge on any atom is 0.237 e. The number of fused-ring (bicyclic) bond motifs is 1. The van der Waals surface area contributed by atoms with Crippen molar-refractivity contribution in [1.82, 2.24) is 4.57 Å². The number of primary amides is 1. The SMILES string of the molecule is Cc1cc2c(n1CC(N)=O)CCCC2O. The molecular formula is C11H16N2O2. The number of aromatic nitrogens is 1. The minimum Gasteiger partial charge on any atom is -0.388 e. The lowest BCUT2D eigenvalue weighted by molar-refractivity contribution is -0.118. The van der Waals surface area contributed by atoms with Crippen molar-refractivity contribution in [3.8, 4) is 0 Å². The smallest absolute Gasteiger partial charge is 0.237 e. The fourth-order valence-electron chi connectivity index (χ4n) is 2.32. The highest BCUT2D eigenvalue weighted by Gasteiger charge is 2.23. The van der Waals surface area contributed by atoms with E-state index in [9.17, 15) is 9.90 Å². The fraction of sp³-hybridized carbons (Fsp3) is 0.545. The van der Waals surface area contributed by atoms with E-state index in [0.717, 1.165) is 36.2 Å². The van der Waals surface area contributed by atoms with Crippen LogP contribution >= 0.6 is 0 Å². The Labute approximate surface area is 88.7 Å². The van der Waals surface area contributed by atoms with E-state index in [2.05, 4.69) is 0 Å². The minimum atomic E-state index is -0.374. The van der Waals surface area contributed by atoms with Gasteiger partial charge in [-0.25, -0.2) is 0 Å². The van der Waals surface area contributed by atoms with Crippen molar-refractivity contribution in [3.63, 3.8) is 0 Å². The molecule has 15 heavy (non-hydrogen) atoms. The summed E-state index contributed by atoms with van der Waals surface area (Å²) in [5.41, 5.74) is 8.24. The summed E-state index contributed by atoms with van der Waals surface area (Å²) >= 11 is 0. The van der Waals surface area contributed by atoms with Gasteiger partial charge in [0.1, 0.15) is 6.54 Å². The number of aliphatic hydroxyl groups is 1. The summed E-state index contributed by atoms with van der Waals surface area (Å²) in [7, 11) is 0. The Hall–Kier alpha value is -1.29. The maximum absolute atomic E-state index is 10.9. The molecule has 82 valence electrons. The summed E-state index contributed by atoms with van der Waals surface area (Å²) in [4.78, 5) is 10.9. The van der Waals surface area contributed by atoms with E-state index in [-0.39, 0.29) is 18.6 Å². The Morgan fingerprint density at radius 2 is 2.47 bits per heavy atom. The van der Waals surface area contributed by atoms with Gasteiger partial charge in [0.05, 0.1) is 6.10 Å². The molecule has 0 radical (unpaired) electrons. The highest BCUT2D eigenvalue weighted by Crippen LogP contribution is 2.31. The number of carbonyl (C=O) groups excluding carboxylic acids is 1. The highest BCUT2D eigenvalue weighted by atomic mass is 16.3. The van der Waals surface area contributed by atoms with Gasteiger partial charge in [-0.05, 0) is 32.3 Å². The molecule has 1 unspecified atom stereocenters. The number of nitrogens with zero attached hydrogens (tertiary/aromatic N) is 1. The van der Waals surface area contributed by atoms with Crippen molar-refractivity contribution >= 4 is 5.91 Å². The summed E-state index contributed by atoms with van der Waals surface area (Å²) in [6, 6.07) is 1.96. The van der Waals surface area contributed by atoms with E-state index in [1.54, 1.807) is 0 Å². The molecule has 3 N–H and O–H groups in total. The third kappa shape index (κ3) is 1.77. The third-order valence-corrected chi connectivity index (χ3v) is 3.01. The van der Waals surface area contributed by atoms with Crippen molar-refractivity contribution < 1.29 is 9.90 Å². The van der Waals surface area contributed by atoms with Crippen molar-refractivity contribution in [2.45, 2.75) is 38.8 Å². The molecule has 0 fully saturated rings. The summed E-state index contributed by atoms with van der Waals surface area (Å²) in [6.07, 6.45) is 2.33. The number of hydrogen-bond acceptors (Lipinski definition) is 2. The van der Waals surface area contributed by atoms with Crippen LogP contribution in [0.2, 0.25) is 0 Å². The number of rotatable bonds is 2. The van der Waals surface area contributed by atoms with E-state index in [1.165, 1.54) is 0 Å². The summed E-state index contributed by atoms with van der Waals surface area (Å²) in [5.74, 6) is -0.337. The number of nitrogens with two attached hydrogens (primary N) is 1. The number of carbonyl (C=O) groups is 1. The van der Waals surface area contributed by atoms with Crippen molar-refractivity contribution in [3.05, 3.63) is 23.0 Å². The number of amides is 1. The number of aliphatic hydroxyl groups excluding tert-OH is 1. The van der Waals surface area contributed by atoms with Gasteiger partial charge in [-0.1, -0.05) is 0 Å². The van der Waals surface area contributed by atoms with Crippen LogP contribution in [0.15, 0.2) is 6.07 Å². The maximum atomic E-state index is 10.9. The van der Waals surface area contributed by atoms with Crippen LogP contribution in [0, 0.1) is 6.92 Å². The molecule has 1 aromatic heterocycles. The van der Waals surface area contributed by atoms with Gasteiger partial charge in [-0.2, -0.15) is 0 Å². The van der Waals surface area contributed by atoms with Gasteiger partial charge in [0.15, 0.2) is 0 Å². The molecular weight excluding hydrogens is 192 g/mol. The minimum absolute atomic E-state index is 0.216. The molecule has 1 aliphatic rings. The Bertz CT molecular complexity index is 396. The van der Waals surface area contributed by atoms with E-state index in [1.807, 2.05) is 17.6 Å². The monoisotopic (exact) mass is 208 g/mol. The molecule has 4 heteroatoms. The first-order valence-electron chi connectivity index (χ1n) is 5.25. The lowest BCUT2D eigenvalue weighted by Crippen LogP contribution is -2.22. The van der Waals surface area contributed by atoms with Crippen LogP contribution in [0.25, 0.3) is 0 Å². The fourth-order valence-corrected chi connectivity index (χ4v) is 2.32. The van der Waals surface area contributed by atoms with Gasteiger partial charge in [0, 0.05) is 17.0 Å². The molecule has 1 atom stereocenters. The molecule has 1 heterocycles. The Kier molecular flexibility index (Phi) is 2.52. The van der Waals surface area contributed by atoms with E-state index < -0.39 is 0 Å². The number of hydrogen-bond donors (Lipinski definition) is 2. The molecule has 1 aliphatic carbocycles. The third-order valence-electron chi connectivity index (χ3n) is 3.01. The van der Waals surface area contributed by atoms with Gasteiger partial charge >= 0.3 is 0 Å². The molecule has 2 rings (SSSR count). The van der Waals surface area contributed by atoms with Gasteiger partial charge in [0.25, 0.3) is 0 Å². The lowest BCUT2D eigenvalue weighted by atomic mass is 9.95. The predicted molar refractivity (Wildman–Crippen MR) is 56.3 cm³/mol. The van der Waals surface area contributed by atoms with Crippen molar-refractivity contribution in [1.29, 1.82) is 0 Å². The van der Waals surface area contributed by atoms with E-state index in [0.29, 0.717) is 0 Å². The van der Waals surface area contributed by atoms with Crippen molar-refractivity contribution in [2.75, 3.05) is 0 Å². The first kappa shape index (κ1) is 10.2. The molecule has 1 amide bonds. The Balaban J connectivity index is 2.42. The second kappa shape index (κ2) is 3.70. The Morgan fingerprint density at radius 1 is 1.73 bits per heavy atom. The second-order valence-electron chi connectivity index (χ2n) is 4.15. The van der Waals surface area contributed by atoms with Crippen LogP contribution in [-0.2, 0) is 17.8 Å². The van der Waals surface area contributed by atoms with E-state index in [4.69, 9.17) is 5.73 Å². The topological polar surface area (TPSA) is 68.2 Å². The van der Waals surface area contributed by atoms with Crippen LogP contribution in [0.5, 0.6) is 0 Å². The average molecular weight is 208 g/mol. The first-order chi connectivity index (χ1) is 7.09. The van der Waals surface area contributed by atoms with Crippen LogP contribution < -0.4 is 5.73 Å². The van der Waals surface area contributed by atoms with Crippen LogP contribution in [-0.4, -0.2) is 15.6 Å². The summed E-state index contributed by atoms with van der Waals surface area (Å²) < 4.78 is 1.92. The average Bonchev–Trinajstić information content (AvgIpc) is 2.45. The number of aryl methyl sites for hydroxylation is 1. The zero-order valence-electron chi connectivity index (χ0n) is 8.86. The highest BCUT2D eigenvalue weighted by molar-refractivity contribution is 5.73. The van der Waals surface area contributed by atoms with Gasteiger partial charge < -0.3 is 15.4 Å². The zero-order valence-corrected chi connectivity index (χ0v) is 8.86.